The molecule has 0 aliphatic carbocycles. The molecule has 0 aliphatic heterocycles. The monoisotopic (exact) mass is 343 g/mol. The fourth-order valence-electron chi connectivity index (χ4n) is 2.25. The third-order valence-electron chi connectivity index (χ3n) is 3.51. The summed E-state index contributed by atoms with van der Waals surface area (Å²) in [5.41, 5.74) is 1.78. The first kappa shape index (κ1) is 18.6. The number of hydrogen-bond donors (Lipinski definition) is 1. The molecule has 0 spiro atoms. The quantitative estimate of drug-likeness (QED) is 0.780. The second kappa shape index (κ2) is 8.97. The highest BCUT2D eigenvalue weighted by Crippen LogP contribution is 2.30. The number of nitrogens with one attached hydrogen (secondary N) is 1. The number of aryl methyl sites for hydroxylation is 1. The average molecular weight is 343 g/mol. The van der Waals surface area contributed by atoms with Gasteiger partial charge in [0, 0.05) is 11.8 Å². The summed E-state index contributed by atoms with van der Waals surface area (Å²) in [5.74, 6) is 1.70. The molecule has 5 heteroatoms. The van der Waals surface area contributed by atoms with Crippen LogP contribution in [0.1, 0.15) is 26.3 Å². The lowest BCUT2D eigenvalue weighted by atomic mass is 10.2. The Morgan fingerprint density at radius 3 is 2.28 bits per heavy atom. The Bertz CT molecular complexity index is 697. The molecule has 0 fully saturated rings. The van der Waals surface area contributed by atoms with Gasteiger partial charge >= 0.3 is 0 Å². The van der Waals surface area contributed by atoms with Crippen molar-refractivity contribution in [2.75, 3.05) is 18.5 Å². The van der Waals surface area contributed by atoms with Gasteiger partial charge in [0.15, 0.2) is 17.6 Å². The number of benzene rings is 2. The average Bonchev–Trinajstić information content (AvgIpc) is 2.59. The number of amides is 1. The van der Waals surface area contributed by atoms with E-state index in [-0.39, 0.29) is 5.91 Å². The molecule has 2 aromatic carbocycles. The molecule has 2 rings (SSSR count). The van der Waals surface area contributed by atoms with Gasteiger partial charge in [-0.05, 0) is 52.0 Å². The molecule has 1 amide bonds. The van der Waals surface area contributed by atoms with Crippen LogP contribution in [0.25, 0.3) is 0 Å². The topological polar surface area (TPSA) is 56.8 Å². The van der Waals surface area contributed by atoms with Crippen LogP contribution in [0.3, 0.4) is 0 Å². The second-order valence-electron chi connectivity index (χ2n) is 5.59. The van der Waals surface area contributed by atoms with E-state index in [4.69, 9.17) is 14.2 Å². The number of rotatable bonds is 8. The lowest BCUT2D eigenvalue weighted by Gasteiger charge is -2.16. The van der Waals surface area contributed by atoms with E-state index in [1.54, 1.807) is 25.1 Å². The van der Waals surface area contributed by atoms with E-state index < -0.39 is 6.10 Å². The van der Waals surface area contributed by atoms with Gasteiger partial charge in [0.25, 0.3) is 5.91 Å². The van der Waals surface area contributed by atoms with E-state index in [1.165, 1.54) is 0 Å². The SMILES string of the molecule is CCOc1ccc(NC(=O)C(C)Oc2ccc(C)cc2)cc1OCC. The highest BCUT2D eigenvalue weighted by molar-refractivity contribution is 5.94. The van der Waals surface area contributed by atoms with Gasteiger partial charge in [-0.1, -0.05) is 17.7 Å². The second-order valence-corrected chi connectivity index (χ2v) is 5.59. The van der Waals surface area contributed by atoms with Gasteiger partial charge in [-0.15, -0.1) is 0 Å². The van der Waals surface area contributed by atoms with Crippen molar-refractivity contribution in [3.05, 3.63) is 48.0 Å². The molecular formula is C20H25NO4. The van der Waals surface area contributed by atoms with Crippen molar-refractivity contribution >= 4 is 11.6 Å². The smallest absolute Gasteiger partial charge is 0.265 e. The van der Waals surface area contributed by atoms with Crippen LogP contribution in [0.15, 0.2) is 42.5 Å². The van der Waals surface area contributed by atoms with Gasteiger partial charge in [-0.25, -0.2) is 0 Å². The van der Waals surface area contributed by atoms with Crippen LogP contribution in [0, 0.1) is 6.92 Å². The molecule has 1 unspecified atom stereocenters. The van der Waals surface area contributed by atoms with E-state index in [1.807, 2.05) is 45.0 Å². The van der Waals surface area contributed by atoms with E-state index in [9.17, 15) is 4.79 Å². The van der Waals surface area contributed by atoms with E-state index in [0.29, 0.717) is 36.1 Å². The maximum absolute atomic E-state index is 12.4. The zero-order chi connectivity index (χ0) is 18.2. The van der Waals surface area contributed by atoms with Crippen LogP contribution >= 0.6 is 0 Å². The predicted octanol–water partition coefficient (Wildman–Crippen LogP) is 4.20. The van der Waals surface area contributed by atoms with Gasteiger partial charge < -0.3 is 19.5 Å². The van der Waals surface area contributed by atoms with Gasteiger partial charge in [0.2, 0.25) is 0 Å². The summed E-state index contributed by atoms with van der Waals surface area (Å²) in [6.45, 7) is 8.60. The molecule has 0 aromatic heterocycles. The summed E-state index contributed by atoms with van der Waals surface area (Å²) in [5, 5.41) is 2.84. The van der Waals surface area contributed by atoms with Crippen LogP contribution in [0.4, 0.5) is 5.69 Å². The molecule has 134 valence electrons. The van der Waals surface area contributed by atoms with Crippen molar-refractivity contribution in [3.63, 3.8) is 0 Å². The largest absolute Gasteiger partial charge is 0.490 e. The minimum absolute atomic E-state index is 0.229. The van der Waals surface area contributed by atoms with Gasteiger partial charge in [-0.3, -0.25) is 4.79 Å². The van der Waals surface area contributed by atoms with Crippen molar-refractivity contribution in [3.8, 4) is 17.2 Å². The normalized spacial score (nSPS) is 11.5. The summed E-state index contributed by atoms with van der Waals surface area (Å²) >= 11 is 0. The predicted molar refractivity (Wildman–Crippen MR) is 98.7 cm³/mol. The van der Waals surface area contributed by atoms with Gasteiger partial charge in [0.1, 0.15) is 5.75 Å². The summed E-state index contributed by atoms with van der Waals surface area (Å²) in [6, 6.07) is 12.9. The fourth-order valence-corrected chi connectivity index (χ4v) is 2.25. The molecule has 25 heavy (non-hydrogen) atoms. The molecule has 0 saturated carbocycles. The lowest BCUT2D eigenvalue weighted by Crippen LogP contribution is -2.30. The molecular weight excluding hydrogens is 318 g/mol. The molecule has 2 aromatic rings. The Morgan fingerprint density at radius 2 is 1.64 bits per heavy atom. The molecule has 0 saturated heterocycles. The molecule has 1 atom stereocenters. The van der Waals surface area contributed by atoms with Crippen LogP contribution in [-0.2, 0) is 4.79 Å². The summed E-state index contributed by atoms with van der Waals surface area (Å²) in [6.07, 6.45) is -0.621. The van der Waals surface area contributed by atoms with Crippen LogP contribution in [-0.4, -0.2) is 25.2 Å². The number of ether oxygens (including phenoxy) is 3. The Kier molecular flexibility index (Phi) is 6.69. The third-order valence-corrected chi connectivity index (χ3v) is 3.51. The number of carbonyl (C=O) groups is 1. The minimum atomic E-state index is -0.621. The third kappa shape index (κ3) is 5.41. The number of anilines is 1. The van der Waals surface area contributed by atoms with Crippen molar-refractivity contribution in [2.45, 2.75) is 33.8 Å². The van der Waals surface area contributed by atoms with Gasteiger partial charge in [-0.2, -0.15) is 0 Å². The highest BCUT2D eigenvalue weighted by Gasteiger charge is 2.16. The Hall–Kier alpha value is -2.69. The van der Waals surface area contributed by atoms with Crippen LogP contribution < -0.4 is 19.5 Å². The van der Waals surface area contributed by atoms with Crippen LogP contribution in [0.5, 0.6) is 17.2 Å². The Morgan fingerprint density at radius 1 is 1.00 bits per heavy atom. The van der Waals surface area contributed by atoms with E-state index in [0.717, 1.165) is 5.56 Å². The van der Waals surface area contributed by atoms with Crippen LogP contribution in [0.2, 0.25) is 0 Å². The van der Waals surface area contributed by atoms with Crippen molar-refractivity contribution in [1.82, 2.24) is 0 Å². The minimum Gasteiger partial charge on any atom is -0.490 e. The first-order valence-corrected chi connectivity index (χ1v) is 8.47. The maximum atomic E-state index is 12.4. The Labute approximate surface area is 148 Å². The zero-order valence-electron chi connectivity index (χ0n) is 15.2. The first-order chi connectivity index (χ1) is 12.0. The lowest BCUT2D eigenvalue weighted by molar-refractivity contribution is -0.122. The Balaban J connectivity index is 2.03. The van der Waals surface area contributed by atoms with E-state index in [2.05, 4.69) is 5.32 Å². The van der Waals surface area contributed by atoms with E-state index >= 15 is 0 Å². The van der Waals surface area contributed by atoms with Crippen molar-refractivity contribution < 1.29 is 19.0 Å². The number of carbonyl (C=O) groups excluding carboxylic acids is 1. The summed E-state index contributed by atoms with van der Waals surface area (Å²) < 4.78 is 16.8. The highest BCUT2D eigenvalue weighted by atomic mass is 16.5. The molecule has 0 radical (unpaired) electrons. The first-order valence-electron chi connectivity index (χ1n) is 8.47. The molecule has 1 N–H and O–H groups in total. The van der Waals surface area contributed by atoms with Gasteiger partial charge in [0.05, 0.1) is 13.2 Å². The van der Waals surface area contributed by atoms with Crippen molar-refractivity contribution in [2.24, 2.45) is 0 Å². The molecule has 0 bridgehead atoms. The fraction of sp³-hybridized carbons (Fsp3) is 0.350. The number of hydrogen-bond acceptors (Lipinski definition) is 4. The maximum Gasteiger partial charge on any atom is 0.265 e. The van der Waals surface area contributed by atoms with Crippen molar-refractivity contribution in [1.29, 1.82) is 0 Å². The summed E-state index contributed by atoms with van der Waals surface area (Å²) in [7, 11) is 0. The molecule has 5 nitrogen and oxygen atoms in total. The summed E-state index contributed by atoms with van der Waals surface area (Å²) in [4.78, 5) is 12.4. The molecule has 0 aliphatic rings. The zero-order valence-corrected chi connectivity index (χ0v) is 15.2. The standard InChI is InChI=1S/C20H25NO4/c1-5-23-18-12-9-16(13-19(18)24-6-2)21-20(22)15(4)25-17-10-7-14(3)8-11-17/h7-13,15H,5-6H2,1-4H3,(H,21,22). The molecule has 0 heterocycles.